The summed E-state index contributed by atoms with van der Waals surface area (Å²) in [4.78, 5) is 26.1. The van der Waals surface area contributed by atoms with E-state index >= 15 is 0 Å². The summed E-state index contributed by atoms with van der Waals surface area (Å²) in [6.45, 7) is 3.71. The van der Waals surface area contributed by atoms with Crippen LogP contribution in [-0.2, 0) is 10.3 Å². The number of urea groups is 1. The summed E-state index contributed by atoms with van der Waals surface area (Å²) in [5.74, 6) is -1.30. The van der Waals surface area contributed by atoms with Crippen LogP contribution in [0.25, 0.3) is 0 Å². The van der Waals surface area contributed by atoms with Crippen LogP contribution >= 0.6 is 11.3 Å². The summed E-state index contributed by atoms with van der Waals surface area (Å²) >= 11 is 1.43. The van der Waals surface area contributed by atoms with Crippen molar-refractivity contribution in [1.82, 2.24) is 15.6 Å². The Morgan fingerprint density at radius 1 is 1.53 bits per heavy atom. The molecule has 0 saturated heterocycles. The average Bonchev–Trinajstić information content (AvgIpc) is 2.81. The highest BCUT2D eigenvalue weighted by Gasteiger charge is 2.25. The first-order valence-electron chi connectivity index (χ1n) is 5.70. The van der Waals surface area contributed by atoms with Crippen molar-refractivity contribution >= 4 is 23.3 Å². The molecule has 2 amide bonds. The number of aliphatic carboxylic acids is 1. The molecule has 0 aliphatic heterocycles. The molecule has 1 aromatic heterocycles. The zero-order valence-corrected chi connectivity index (χ0v) is 11.5. The van der Waals surface area contributed by atoms with Crippen molar-refractivity contribution in [2.24, 2.45) is 0 Å². The van der Waals surface area contributed by atoms with Gasteiger partial charge in [-0.1, -0.05) is 0 Å². The third-order valence-electron chi connectivity index (χ3n) is 2.38. The topological polar surface area (TPSA) is 112 Å². The number of aromatic nitrogens is 1. The van der Waals surface area contributed by atoms with Crippen LogP contribution in [0.3, 0.4) is 0 Å². The van der Waals surface area contributed by atoms with E-state index in [0.29, 0.717) is 0 Å². The van der Waals surface area contributed by atoms with E-state index in [1.54, 1.807) is 6.20 Å². The molecule has 8 heteroatoms. The Balaban J connectivity index is 2.37. The maximum atomic E-state index is 11.6. The number of hydrogen-bond donors (Lipinski definition) is 4. The standard InChI is InChI=1S/C11H17N3O4S/c1-11(2,9-12-5-6-19-9)14-10(18)13-4-3-7(15)8(16)17/h5-7,15H,3-4H2,1-2H3,(H,16,17)(H2,13,14,18)/t7-/m0/s1. The minimum Gasteiger partial charge on any atom is -0.479 e. The van der Waals surface area contributed by atoms with E-state index in [4.69, 9.17) is 10.2 Å². The molecule has 0 spiro atoms. The first-order valence-corrected chi connectivity index (χ1v) is 6.58. The number of aliphatic hydroxyl groups excluding tert-OH is 1. The molecule has 0 unspecified atom stereocenters. The zero-order chi connectivity index (χ0) is 14.5. The Morgan fingerprint density at radius 3 is 2.74 bits per heavy atom. The number of carboxylic acids is 1. The number of carbonyl (C=O) groups is 2. The molecule has 1 aromatic rings. The lowest BCUT2D eigenvalue weighted by atomic mass is 10.1. The highest BCUT2D eigenvalue weighted by atomic mass is 32.1. The number of thiazole rings is 1. The molecule has 1 atom stereocenters. The first kappa shape index (κ1) is 15.4. The fraction of sp³-hybridized carbons (Fsp3) is 0.545. The fourth-order valence-corrected chi connectivity index (χ4v) is 2.08. The van der Waals surface area contributed by atoms with Crippen molar-refractivity contribution in [3.05, 3.63) is 16.6 Å². The number of carbonyl (C=O) groups excluding carboxylic acids is 1. The quantitative estimate of drug-likeness (QED) is 0.609. The normalized spacial score (nSPS) is 12.8. The summed E-state index contributed by atoms with van der Waals surface area (Å²) in [6.07, 6.45) is 0.151. The van der Waals surface area contributed by atoms with Gasteiger partial charge < -0.3 is 20.8 Å². The molecule has 1 heterocycles. The van der Waals surface area contributed by atoms with E-state index in [-0.39, 0.29) is 13.0 Å². The first-order chi connectivity index (χ1) is 8.83. The molecule has 0 radical (unpaired) electrons. The summed E-state index contributed by atoms with van der Waals surface area (Å²) in [7, 11) is 0. The van der Waals surface area contributed by atoms with Gasteiger partial charge in [0.25, 0.3) is 0 Å². The van der Waals surface area contributed by atoms with Gasteiger partial charge in [-0.3, -0.25) is 0 Å². The lowest BCUT2D eigenvalue weighted by Gasteiger charge is -2.24. The van der Waals surface area contributed by atoms with E-state index < -0.39 is 23.6 Å². The van der Waals surface area contributed by atoms with Gasteiger partial charge in [-0.2, -0.15) is 0 Å². The van der Waals surface area contributed by atoms with Crippen LogP contribution in [0, 0.1) is 0 Å². The molecule has 7 nitrogen and oxygen atoms in total. The fourth-order valence-electron chi connectivity index (χ4n) is 1.36. The van der Waals surface area contributed by atoms with Crippen LogP contribution in [0.4, 0.5) is 4.79 Å². The summed E-state index contributed by atoms with van der Waals surface area (Å²) in [5, 5.41) is 25.3. The van der Waals surface area contributed by atoms with Gasteiger partial charge in [0.1, 0.15) is 5.01 Å². The van der Waals surface area contributed by atoms with Gasteiger partial charge in [0.15, 0.2) is 6.10 Å². The van der Waals surface area contributed by atoms with Gasteiger partial charge >= 0.3 is 12.0 Å². The second kappa shape index (κ2) is 6.48. The van der Waals surface area contributed by atoms with Gasteiger partial charge in [-0.15, -0.1) is 11.3 Å². The van der Waals surface area contributed by atoms with E-state index in [1.165, 1.54) is 11.3 Å². The van der Waals surface area contributed by atoms with Crippen LogP contribution in [0.1, 0.15) is 25.3 Å². The van der Waals surface area contributed by atoms with Crippen molar-refractivity contribution < 1.29 is 19.8 Å². The SMILES string of the molecule is CC(C)(NC(=O)NCC[C@H](O)C(=O)O)c1nccs1. The molecule has 0 aliphatic carbocycles. The largest absolute Gasteiger partial charge is 0.479 e. The number of aliphatic hydroxyl groups is 1. The molecule has 1 rings (SSSR count). The predicted molar refractivity (Wildman–Crippen MR) is 69.9 cm³/mol. The van der Waals surface area contributed by atoms with Crippen LogP contribution in [0.15, 0.2) is 11.6 Å². The summed E-state index contributed by atoms with van der Waals surface area (Å²) in [6, 6.07) is -0.433. The molecule has 0 fully saturated rings. The Morgan fingerprint density at radius 2 is 2.21 bits per heavy atom. The van der Waals surface area contributed by atoms with Crippen molar-refractivity contribution in [2.45, 2.75) is 31.9 Å². The molecule has 0 bridgehead atoms. The van der Waals surface area contributed by atoms with Gasteiger partial charge in [-0.05, 0) is 13.8 Å². The van der Waals surface area contributed by atoms with E-state index in [1.807, 2.05) is 19.2 Å². The second-order valence-corrected chi connectivity index (χ2v) is 5.38. The lowest BCUT2D eigenvalue weighted by Crippen LogP contribution is -2.47. The smallest absolute Gasteiger partial charge is 0.332 e. The summed E-state index contributed by atoms with van der Waals surface area (Å²) < 4.78 is 0. The molecular formula is C11H17N3O4S. The van der Waals surface area contributed by atoms with Crippen LogP contribution in [0.5, 0.6) is 0 Å². The molecular weight excluding hydrogens is 270 g/mol. The van der Waals surface area contributed by atoms with Gasteiger partial charge in [-0.25, -0.2) is 14.6 Å². The molecule has 106 valence electrons. The highest BCUT2D eigenvalue weighted by Crippen LogP contribution is 2.21. The van der Waals surface area contributed by atoms with Crippen molar-refractivity contribution in [3.63, 3.8) is 0 Å². The maximum absolute atomic E-state index is 11.6. The second-order valence-electron chi connectivity index (χ2n) is 4.49. The van der Waals surface area contributed by atoms with Crippen LogP contribution in [0.2, 0.25) is 0 Å². The lowest BCUT2D eigenvalue weighted by molar-refractivity contribution is -0.146. The number of nitrogens with zero attached hydrogens (tertiary/aromatic N) is 1. The molecule has 0 aliphatic rings. The predicted octanol–water partition coefficient (Wildman–Crippen LogP) is 0.513. The van der Waals surface area contributed by atoms with E-state index in [2.05, 4.69) is 15.6 Å². The van der Waals surface area contributed by atoms with E-state index in [0.717, 1.165) is 5.01 Å². The Kier molecular flexibility index (Phi) is 5.25. The minimum absolute atomic E-state index is 0.0412. The molecule has 0 aromatic carbocycles. The highest BCUT2D eigenvalue weighted by molar-refractivity contribution is 7.09. The molecule has 4 N–H and O–H groups in total. The third-order valence-corrected chi connectivity index (χ3v) is 3.48. The van der Waals surface area contributed by atoms with Gasteiger partial charge in [0.05, 0.1) is 5.54 Å². The van der Waals surface area contributed by atoms with Gasteiger partial charge in [0, 0.05) is 24.5 Å². The number of rotatable bonds is 6. The average molecular weight is 287 g/mol. The monoisotopic (exact) mass is 287 g/mol. The number of hydrogen-bond acceptors (Lipinski definition) is 5. The Hall–Kier alpha value is -1.67. The maximum Gasteiger partial charge on any atom is 0.332 e. The van der Waals surface area contributed by atoms with Gasteiger partial charge in [0.2, 0.25) is 0 Å². The van der Waals surface area contributed by atoms with E-state index in [9.17, 15) is 9.59 Å². The number of nitrogens with one attached hydrogen (secondary N) is 2. The number of amides is 2. The molecule has 0 saturated carbocycles. The third kappa shape index (κ3) is 4.84. The van der Waals surface area contributed by atoms with Crippen molar-refractivity contribution in [2.75, 3.05) is 6.54 Å². The van der Waals surface area contributed by atoms with Crippen LogP contribution < -0.4 is 10.6 Å². The number of carboxylic acid groups (broad SMARTS) is 1. The zero-order valence-electron chi connectivity index (χ0n) is 10.7. The van der Waals surface area contributed by atoms with Crippen molar-refractivity contribution in [3.8, 4) is 0 Å². The molecule has 19 heavy (non-hydrogen) atoms. The summed E-state index contributed by atoms with van der Waals surface area (Å²) in [5.41, 5.74) is -0.607. The van der Waals surface area contributed by atoms with Crippen molar-refractivity contribution in [1.29, 1.82) is 0 Å². The van der Waals surface area contributed by atoms with Crippen LogP contribution in [-0.4, -0.2) is 39.8 Å². The minimum atomic E-state index is -1.47. The Bertz CT molecular complexity index is 433. The Labute approximate surface area is 114 Å².